The highest BCUT2D eigenvalue weighted by Gasteiger charge is 2.12. The van der Waals surface area contributed by atoms with E-state index in [9.17, 15) is 0 Å². The first-order valence-electron chi connectivity index (χ1n) is 7.95. The molecule has 2 nitrogen and oxygen atoms in total. The Morgan fingerprint density at radius 3 is 2.60 bits per heavy atom. The van der Waals surface area contributed by atoms with Gasteiger partial charge in [-0.25, -0.2) is 0 Å². The highest BCUT2D eigenvalue weighted by Crippen LogP contribution is 2.22. The average Bonchev–Trinajstić information content (AvgIpc) is 2.42. The van der Waals surface area contributed by atoms with Crippen molar-refractivity contribution in [2.24, 2.45) is 5.92 Å². The van der Waals surface area contributed by atoms with Crippen LogP contribution in [0.15, 0.2) is 18.2 Å². The Balaban J connectivity index is 2.51. The molecule has 1 aromatic rings. The summed E-state index contributed by atoms with van der Waals surface area (Å²) in [5.41, 5.74) is 2.65. The Hall–Kier alpha value is -1.02. The summed E-state index contributed by atoms with van der Waals surface area (Å²) < 4.78 is 5.45. The van der Waals surface area contributed by atoms with Gasteiger partial charge in [-0.05, 0) is 56.7 Å². The predicted molar refractivity (Wildman–Crippen MR) is 87.6 cm³/mol. The number of hydrogen-bond donors (Lipinski definition) is 1. The van der Waals surface area contributed by atoms with Crippen molar-refractivity contribution < 1.29 is 4.74 Å². The first kappa shape index (κ1) is 17.0. The van der Waals surface area contributed by atoms with Crippen LogP contribution in [0.2, 0.25) is 0 Å². The summed E-state index contributed by atoms with van der Waals surface area (Å²) in [4.78, 5) is 0. The van der Waals surface area contributed by atoms with E-state index in [1.54, 1.807) is 7.11 Å². The predicted octanol–water partition coefficient (Wildman–Crippen LogP) is 4.35. The van der Waals surface area contributed by atoms with Crippen molar-refractivity contribution in [1.82, 2.24) is 5.32 Å². The lowest BCUT2D eigenvalue weighted by atomic mass is 9.96. The molecule has 0 fully saturated rings. The molecule has 1 N–H and O–H groups in total. The molecule has 1 unspecified atom stereocenters. The molecular formula is C18H31NO. The largest absolute Gasteiger partial charge is 0.496 e. The standard InChI is InChI=1S/C18H31NO/c1-6-12-19-17(14(2)3)9-7-8-16-13-15(4)10-11-18(16)20-5/h10-11,13-14,17,19H,6-9,12H2,1-5H3. The van der Waals surface area contributed by atoms with Gasteiger partial charge in [0.25, 0.3) is 0 Å². The number of benzene rings is 1. The zero-order valence-electron chi connectivity index (χ0n) is 13.8. The molecule has 0 heterocycles. The maximum absolute atomic E-state index is 5.45. The van der Waals surface area contributed by atoms with Crippen LogP contribution in [-0.4, -0.2) is 19.7 Å². The van der Waals surface area contributed by atoms with Gasteiger partial charge >= 0.3 is 0 Å². The maximum atomic E-state index is 5.45. The molecule has 0 aromatic heterocycles. The monoisotopic (exact) mass is 277 g/mol. The van der Waals surface area contributed by atoms with Gasteiger partial charge in [0.1, 0.15) is 5.75 Å². The quantitative estimate of drug-likeness (QED) is 0.724. The van der Waals surface area contributed by atoms with Crippen LogP contribution in [0.5, 0.6) is 5.75 Å². The van der Waals surface area contributed by atoms with Crippen LogP contribution < -0.4 is 10.1 Å². The number of rotatable bonds is 9. The highest BCUT2D eigenvalue weighted by atomic mass is 16.5. The third-order valence-corrected chi connectivity index (χ3v) is 3.86. The molecule has 0 amide bonds. The minimum absolute atomic E-state index is 0.630. The second-order valence-electron chi connectivity index (χ2n) is 6.01. The minimum Gasteiger partial charge on any atom is -0.496 e. The van der Waals surface area contributed by atoms with Gasteiger partial charge in [-0.3, -0.25) is 0 Å². The SMILES string of the molecule is CCCNC(CCCc1cc(C)ccc1OC)C(C)C. The van der Waals surface area contributed by atoms with E-state index < -0.39 is 0 Å². The van der Waals surface area contributed by atoms with E-state index in [2.05, 4.69) is 51.2 Å². The van der Waals surface area contributed by atoms with Gasteiger partial charge in [0, 0.05) is 6.04 Å². The van der Waals surface area contributed by atoms with Crippen molar-refractivity contribution in [2.75, 3.05) is 13.7 Å². The molecule has 0 bridgehead atoms. The van der Waals surface area contributed by atoms with Crippen molar-refractivity contribution >= 4 is 0 Å². The fourth-order valence-electron chi connectivity index (χ4n) is 2.62. The molecular weight excluding hydrogens is 246 g/mol. The molecule has 114 valence electrons. The summed E-state index contributed by atoms with van der Waals surface area (Å²) in [7, 11) is 1.76. The topological polar surface area (TPSA) is 21.3 Å². The molecule has 0 aliphatic heterocycles. The second kappa shape index (κ2) is 9.02. The zero-order chi connectivity index (χ0) is 15.0. The van der Waals surface area contributed by atoms with Crippen molar-refractivity contribution in [2.45, 2.75) is 59.4 Å². The van der Waals surface area contributed by atoms with E-state index in [1.165, 1.54) is 30.4 Å². The molecule has 20 heavy (non-hydrogen) atoms. The molecule has 0 radical (unpaired) electrons. The summed E-state index contributed by atoms with van der Waals surface area (Å²) in [6, 6.07) is 7.08. The summed E-state index contributed by atoms with van der Waals surface area (Å²) in [5.74, 6) is 1.72. The molecule has 1 atom stereocenters. The van der Waals surface area contributed by atoms with Crippen molar-refractivity contribution in [1.29, 1.82) is 0 Å². The lowest BCUT2D eigenvalue weighted by molar-refractivity contribution is 0.368. The Morgan fingerprint density at radius 2 is 2.00 bits per heavy atom. The van der Waals surface area contributed by atoms with Crippen LogP contribution in [0.4, 0.5) is 0 Å². The molecule has 1 rings (SSSR count). The fraction of sp³-hybridized carbons (Fsp3) is 0.667. The summed E-state index contributed by atoms with van der Waals surface area (Å²) in [5, 5.41) is 3.66. The van der Waals surface area contributed by atoms with Crippen LogP contribution in [0.1, 0.15) is 51.2 Å². The van der Waals surface area contributed by atoms with Crippen molar-refractivity contribution in [3.8, 4) is 5.75 Å². The van der Waals surface area contributed by atoms with Gasteiger partial charge in [-0.2, -0.15) is 0 Å². The van der Waals surface area contributed by atoms with E-state index in [0.29, 0.717) is 12.0 Å². The van der Waals surface area contributed by atoms with Crippen LogP contribution in [0.25, 0.3) is 0 Å². The van der Waals surface area contributed by atoms with E-state index in [-0.39, 0.29) is 0 Å². The zero-order valence-corrected chi connectivity index (χ0v) is 13.8. The first-order valence-corrected chi connectivity index (χ1v) is 7.95. The smallest absolute Gasteiger partial charge is 0.122 e. The summed E-state index contributed by atoms with van der Waals surface area (Å²) in [6.45, 7) is 10.1. The van der Waals surface area contributed by atoms with E-state index in [1.807, 2.05) is 0 Å². The Labute approximate surface area is 124 Å². The third kappa shape index (κ3) is 5.54. The van der Waals surface area contributed by atoms with Crippen LogP contribution in [-0.2, 0) is 6.42 Å². The summed E-state index contributed by atoms with van der Waals surface area (Å²) in [6.07, 6.45) is 4.74. The van der Waals surface area contributed by atoms with Crippen molar-refractivity contribution in [3.05, 3.63) is 29.3 Å². The Morgan fingerprint density at radius 1 is 1.25 bits per heavy atom. The average molecular weight is 277 g/mol. The molecule has 0 spiro atoms. The van der Waals surface area contributed by atoms with Crippen LogP contribution in [0.3, 0.4) is 0 Å². The molecule has 0 aliphatic carbocycles. The van der Waals surface area contributed by atoms with E-state index in [0.717, 1.165) is 18.7 Å². The van der Waals surface area contributed by atoms with Gasteiger partial charge < -0.3 is 10.1 Å². The Bertz CT molecular complexity index is 387. The van der Waals surface area contributed by atoms with Crippen molar-refractivity contribution in [3.63, 3.8) is 0 Å². The lowest BCUT2D eigenvalue weighted by Gasteiger charge is -2.22. The first-order chi connectivity index (χ1) is 9.58. The van der Waals surface area contributed by atoms with Gasteiger partial charge in [0.05, 0.1) is 7.11 Å². The minimum atomic E-state index is 0.630. The molecule has 0 saturated heterocycles. The van der Waals surface area contributed by atoms with Crippen LogP contribution >= 0.6 is 0 Å². The van der Waals surface area contributed by atoms with Crippen LogP contribution in [0, 0.1) is 12.8 Å². The van der Waals surface area contributed by atoms with E-state index >= 15 is 0 Å². The highest BCUT2D eigenvalue weighted by molar-refractivity contribution is 5.36. The lowest BCUT2D eigenvalue weighted by Crippen LogP contribution is -2.34. The number of hydrogen-bond acceptors (Lipinski definition) is 2. The normalized spacial score (nSPS) is 12.7. The fourth-order valence-corrected chi connectivity index (χ4v) is 2.62. The van der Waals surface area contributed by atoms with Gasteiger partial charge in [-0.1, -0.05) is 38.5 Å². The number of aryl methyl sites for hydroxylation is 2. The van der Waals surface area contributed by atoms with E-state index in [4.69, 9.17) is 4.74 Å². The molecule has 1 aromatic carbocycles. The van der Waals surface area contributed by atoms with Gasteiger partial charge in [-0.15, -0.1) is 0 Å². The molecule has 0 saturated carbocycles. The summed E-state index contributed by atoms with van der Waals surface area (Å²) >= 11 is 0. The maximum Gasteiger partial charge on any atom is 0.122 e. The number of ether oxygens (including phenoxy) is 1. The number of methoxy groups -OCH3 is 1. The number of nitrogens with one attached hydrogen (secondary N) is 1. The van der Waals surface area contributed by atoms with Gasteiger partial charge in [0.2, 0.25) is 0 Å². The van der Waals surface area contributed by atoms with Gasteiger partial charge in [0.15, 0.2) is 0 Å². The Kier molecular flexibility index (Phi) is 7.68. The second-order valence-corrected chi connectivity index (χ2v) is 6.01. The molecule has 2 heteroatoms. The third-order valence-electron chi connectivity index (χ3n) is 3.86. The molecule has 0 aliphatic rings.